The Hall–Kier alpha value is 2.23. The van der Waals surface area contributed by atoms with Gasteiger partial charge in [-0.15, -0.1) is 0 Å². The van der Waals surface area contributed by atoms with Crippen molar-refractivity contribution in [2.45, 2.75) is 44.0 Å². The van der Waals surface area contributed by atoms with Crippen molar-refractivity contribution in [3.8, 4) is 0 Å². The summed E-state index contributed by atoms with van der Waals surface area (Å²) in [7, 11) is 0. The van der Waals surface area contributed by atoms with Crippen LogP contribution in [0.5, 0.6) is 0 Å². The predicted octanol–water partition coefficient (Wildman–Crippen LogP) is -11.3. The third-order valence-electron chi connectivity index (χ3n) is 2.84. The van der Waals surface area contributed by atoms with E-state index in [1.54, 1.807) is 0 Å². The van der Waals surface area contributed by atoms with Gasteiger partial charge in [-0.2, -0.15) is 0 Å². The van der Waals surface area contributed by atoms with Gasteiger partial charge in [-0.3, -0.25) is 4.79 Å². The third kappa shape index (κ3) is 9.65. The van der Waals surface area contributed by atoms with Crippen molar-refractivity contribution in [2.24, 2.45) is 0 Å². The van der Waals surface area contributed by atoms with Gasteiger partial charge in [-0.25, -0.2) is 0 Å². The first-order valence-electron chi connectivity index (χ1n) is 6.11. The monoisotopic (exact) mass is 351 g/mol. The van der Waals surface area contributed by atoms with Gasteiger partial charge >= 0.3 is 88.7 Å². The molecule has 1 saturated heterocycles. The van der Waals surface area contributed by atoms with E-state index in [-0.39, 0.29) is 118 Å². The number of carbonyl (C=O) groups excluding carboxylic acids is 1. The fraction of sp³-hybridized carbons (Fsp3) is 0.909. The number of aliphatic hydroxyl groups is 4. The van der Waals surface area contributed by atoms with Crippen LogP contribution in [0.1, 0.15) is 17.6 Å². The Bertz CT molecular complexity index is 314. The van der Waals surface area contributed by atoms with E-state index in [9.17, 15) is 15.0 Å². The first kappa shape index (κ1) is 29.0. The van der Waals surface area contributed by atoms with Crippen molar-refractivity contribution in [1.29, 1.82) is 0 Å². The molecule has 1 heterocycles. The van der Waals surface area contributed by atoms with Crippen molar-refractivity contribution >= 4 is 5.91 Å². The van der Waals surface area contributed by atoms with Crippen LogP contribution in [0.3, 0.4) is 0 Å². The van der Waals surface area contributed by atoms with Crippen LogP contribution in [0.25, 0.3) is 0 Å². The summed E-state index contributed by atoms with van der Waals surface area (Å²) in [6.07, 6.45) is -3.93. The fourth-order valence-electron chi connectivity index (χ4n) is 2.02. The van der Waals surface area contributed by atoms with Gasteiger partial charge in [0.05, 0.1) is 32.0 Å². The van der Waals surface area contributed by atoms with E-state index in [0.717, 1.165) is 0 Å². The van der Waals surface area contributed by atoms with Crippen molar-refractivity contribution in [1.82, 2.24) is 5.32 Å². The number of hydrogen-bond donors (Lipinski definition) is 5. The molecule has 5 N–H and O–H groups in total. The smallest absolute Gasteiger partial charge is 1.00 e. The van der Waals surface area contributed by atoms with E-state index in [2.05, 4.69) is 5.32 Å². The summed E-state index contributed by atoms with van der Waals surface area (Å²) >= 11 is 0. The molecule has 1 amide bonds. The zero-order chi connectivity index (χ0) is 14.4. The Morgan fingerprint density at radius 3 is 2.45 bits per heavy atom. The summed E-state index contributed by atoms with van der Waals surface area (Å²) in [5, 5.41) is 39.8. The Balaban J connectivity index is -0.000000150. The third-order valence-corrected chi connectivity index (χ3v) is 2.84. The zero-order valence-corrected chi connectivity index (χ0v) is 19.7. The minimum atomic E-state index is -1.26. The molecule has 0 bridgehead atoms. The minimum absolute atomic E-state index is 0. The Morgan fingerprint density at radius 1 is 1.41 bits per heavy atom. The molecule has 5 atom stereocenters. The van der Waals surface area contributed by atoms with Gasteiger partial charge in [0.1, 0.15) is 12.2 Å². The molecule has 8 nitrogen and oxygen atoms in total. The van der Waals surface area contributed by atoms with Gasteiger partial charge in [0.2, 0.25) is 5.91 Å². The van der Waals surface area contributed by atoms with Crippen LogP contribution >= 0.6 is 0 Å². The molecule has 0 saturated carbocycles. The summed E-state index contributed by atoms with van der Waals surface area (Å²) in [6, 6.07) is -0.825. The summed E-state index contributed by atoms with van der Waals surface area (Å²) in [4.78, 5) is 11.1. The molecule has 5 unspecified atom stereocenters. The molecule has 1 aliphatic rings. The van der Waals surface area contributed by atoms with E-state index in [4.69, 9.17) is 19.7 Å². The van der Waals surface area contributed by atoms with Gasteiger partial charge in [0.15, 0.2) is 6.29 Å². The first-order valence-corrected chi connectivity index (χ1v) is 6.11. The van der Waals surface area contributed by atoms with Gasteiger partial charge in [0, 0.05) is 13.3 Å². The normalized spacial score (nSPS) is 28.4. The van der Waals surface area contributed by atoms with E-state index in [1.807, 2.05) is 0 Å². The molecular weight excluding hydrogens is 327 g/mol. The van der Waals surface area contributed by atoms with E-state index < -0.39 is 37.3 Å². The topological polar surface area (TPSA) is 128 Å². The summed E-state index contributed by atoms with van der Waals surface area (Å²) in [5.41, 5.74) is 0. The maximum absolute atomic E-state index is 11.1. The molecule has 0 aliphatic carbocycles. The van der Waals surface area contributed by atoms with E-state index >= 15 is 0 Å². The molecule has 0 spiro atoms. The van der Waals surface area contributed by atoms with Crippen molar-refractivity contribution in [2.75, 3.05) is 19.8 Å². The summed E-state index contributed by atoms with van der Waals surface area (Å²) in [6.45, 7) is 0.548. The zero-order valence-electron chi connectivity index (χ0n) is 16.7. The summed E-state index contributed by atoms with van der Waals surface area (Å²) in [5.74, 6) is -0.377. The van der Waals surface area contributed by atoms with Crippen LogP contribution < -0.4 is 94.0 Å². The Morgan fingerprint density at radius 2 is 2.00 bits per heavy atom. The number of rotatable bonds is 6. The average Bonchev–Trinajstić information content (AvgIpc) is 2.37. The molecule has 1 rings (SSSR count). The van der Waals surface area contributed by atoms with Crippen LogP contribution in [0.2, 0.25) is 0 Å². The number of aliphatic hydroxyl groups excluding tert-OH is 4. The molecule has 0 aromatic carbocycles. The first-order chi connectivity index (χ1) is 8.99. The minimum Gasteiger partial charge on any atom is -1.00 e. The predicted molar refractivity (Wildman–Crippen MR) is 66.4 cm³/mol. The van der Waals surface area contributed by atoms with Crippen LogP contribution in [0.4, 0.5) is 0 Å². The quantitative estimate of drug-likeness (QED) is 0.301. The second kappa shape index (κ2) is 15.5. The Kier molecular flexibility index (Phi) is 20.4. The average molecular weight is 351 g/mol. The molecular formula is C11H24NNa3O7. The fourth-order valence-corrected chi connectivity index (χ4v) is 2.02. The van der Waals surface area contributed by atoms with Crippen molar-refractivity contribution in [3.05, 3.63) is 0 Å². The molecule has 0 radical (unpaired) electrons. The van der Waals surface area contributed by atoms with E-state index in [1.165, 1.54) is 6.92 Å². The van der Waals surface area contributed by atoms with Crippen LogP contribution in [-0.4, -0.2) is 76.8 Å². The largest absolute Gasteiger partial charge is 1.00 e. The van der Waals surface area contributed by atoms with Gasteiger partial charge in [-0.05, 0) is 0 Å². The van der Waals surface area contributed by atoms with Gasteiger partial charge < -0.3 is 39.5 Å². The van der Waals surface area contributed by atoms with E-state index in [0.29, 0.717) is 0 Å². The molecule has 22 heavy (non-hydrogen) atoms. The number of nitrogens with one attached hydrogen (secondary N) is 1. The molecule has 0 aromatic rings. The number of ether oxygens (including phenoxy) is 2. The van der Waals surface area contributed by atoms with Crippen molar-refractivity contribution < 1.29 is 128 Å². The van der Waals surface area contributed by atoms with Gasteiger partial charge in [-0.1, -0.05) is 0 Å². The Labute approximate surface area is 200 Å². The molecule has 0 aromatic heterocycles. The molecule has 1 aliphatic heterocycles. The SMILES string of the molecule is CC(=O)NC1C(O)CC(OCCO)OC1C(O)CO.[H-].[H-].[H-].[Na+].[Na+].[Na+]. The molecule has 118 valence electrons. The second-order valence-electron chi connectivity index (χ2n) is 4.40. The maximum atomic E-state index is 11.1. The number of hydrogen-bond acceptors (Lipinski definition) is 7. The standard InChI is InChI=1S/C11H21NO7.3Na.3H/c1-6(15)12-10-7(16)4-9(18-3-2-13)19-11(10)8(17)5-14;;;;;;/h7-11,13-14,16-17H,2-5H2,1H3,(H,12,15);;;;;;/q;3*+1;3*-1. The summed E-state index contributed by atoms with van der Waals surface area (Å²) < 4.78 is 10.6. The second-order valence-corrected chi connectivity index (χ2v) is 4.40. The van der Waals surface area contributed by atoms with Crippen LogP contribution in [-0.2, 0) is 14.3 Å². The van der Waals surface area contributed by atoms with Crippen molar-refractivity contribution in [3.63, 3.8) is 0 Å². The van der Waals surface area contributed by atoms with Crippen LogP contribution in [0, 0.1) is 0 Å². The molecule has 1 fully saturated rings. The maximum Gasteiger partial charge on any atom is 1.00 e. The molecule has 11 heteroatoms. The van der Waals surface area contributed by atoms with Crippen LogP contribution in [0.15, 0.2) is 0 Å². The van der Waals surface area contributed by atoms with Gasteiger partial charge in [0.25, 0.3) is 0 Å². The number of amides is 1. The number of carbonyl (C=O) groups is 1.